The largest absolute Gasteiger partial charge is 0.468 e. The Kier molecular flexibility index (Phi) is 3.53. The standard InChI is InChI=1S/C11H21NO2/c1-7-6-12(9(3)8(7)2)10(4)11(13)14-5/h7-10H,6H2,1-5H3. The highest BCUT2D eigenvalue weighted by Crippen LogP contribution is 2.30. The normalized spacial score (nSPS) is 35.6. The van der Waals surface area contributed by atoms with Crippen LogP contribution in [0.15, 0.2) is 0 Å². The van der Waals surface area contributed by atoms with E-state index < -0.39 is 0 Å². The van der Waals surface area contributed by atoms with Crippen LogP contribution in [-0.4, -0.2) is 36.6 Å². The molecule has 14 heavy (non-hydrogen) atoms. The maximum Gasteiger partial charge on any atom is 0.322 e. The zero-order valence-corrected chi connectivity index (χ0v) is 9.78. The Morgan fingerprint density at radius 2 is 2.00 bits per heavy atom. The van der Waals surface area contributed by atoms with Crippen molar-refractivity contribution in [3.05, 3.63) is 0 Å². The van der Waals surface area contributed by atoms with Crippen LogP contribution >= 0.6 is 0 Å². The number of hydrogen-bond acceptors (Lipinski definition) is 3. The van der Waals surface area contributed by atoms with Gasteiger partial charge < -0.3 is 4.74 Å². The zero-order valence-electron chi connectivity index (χ0n) is 9.78. The number of likely N-dealkylation sites (tertiary alicyclic amines) is 1. The lowest BCUT2D eigenvalue weighted by Crippen LogP contribution is -2.42. The quantitative estimate of drug-likeness (QED) is 0.632. The Morgan fingerprint density at radius 1 is 1.43 bits per heavy atom. The molecular weight excluding hydrogens is 178 g/mol. The lowest BCUT2D eigenvalue weighted by atomic mass is 9.95. The van der Waals surface area contributed by atoms with Crippen LogP contribution in [-0.2, 0) is 9.53 Å². The van der Waals surface area contributed by atoms with Crippen molar-refractivity contribution in [1.29, 1.82) is 0 Å². The van der Waals surface area contributed by atoms with Gasteiger partial charge in [-0.1, -0.05) is 13.8 Å². The molecule has 0 aliphatic carbocycles. The number of hydrogen-bond donors (Lipinski definition) is 0. The van der Waals surface area contributed by atoms with Gasteiger partial charge in [0.2, 0.25) is 0 Å². The molecule has 0 saturated carbocycles. The molecule has 1 heterocycles. The number of carbonyl (C=O) groups is 1. The zero-order chi connectivity index (χ0) is 10.9. The van der Waals surface area contributed by atoms with Crippen LogP contribution < -0.4 is 0 Å². The van der Waals surface area contributed by atoms with E-state index in [2.05, 4.69) is 25.7 Å². The van der Waals surface area contributed by atoms with Crippen LogP contribution in [0.25, 0.3) is 0 Å². The second-order valence-corrected chi connectivity index (χ2v) is 4.47. The van der Waals surface area contributed by atoms with E-state index in [9.17, 15) is 4.79 Å². The topological polar surface area (TPSA) is 29.5 Å². The first-order valence-corrected chi connectivity index (χ1v) is 5.32. The minimum atomic E-state index is -0.127. The van der Waals surface area contributed by atoms with Crippen LogP contribution in [0.5, 0.6) is 0 Å². The van der Waals surface area contributed by atoms with Gasteiger partial charge in [-0.05, 0) is 25.7 Å². The number of methoxy groups -OCH3 is 1. The van der Waals surface area contributed by atoms with Gasteiger partial charge in [0.1, 0.15) is 6.04 Å². The van der Waals surface area contributed by atoms with E-state index in [1.165, 1.54) is 7.11 Å². The Balaban J connectivity index is 2.66. The molecule has 1 aliphatic rings. The number of ether oxygens (including phenoxy) is 1. The van der Waals surface area contributed by atoms with Gasteiger partial charge in [0, 0.05) is 12.6 Å². The fraction of sp³-hybridized carbons (Fsp3) is 0.909. The van der Waals surface area contributed by atoms with Crippen molar-refractivity contribution < 1.29 is 9.53 Å². The van der Waals surface area contributed by atoms with E-state index in [4.69, 9.17) is 4.74 Å². The molecule has 1 saturated heterocycles. The summed E-state index contributed by atoms with van der Waals surface area (Å²) in [4.78, 5) is 13.6. The number of carbonyl (C=O) groups excluding carboxylic acids is 1. The van der Waals surface area contributed by atoms with E-state index in [1.54, 1.807) is 0 Å². The number of rotatable bonds is 2. The first-order chi connectivity index (χ1) is 6.49. The van der Waals surface area contributed by atoms with Crippen LogP contribution in [0.2, 0.25) is 0 Å². The van der Waals surface area contributed by atoms with Gasteiger partial charge in [-0.15, -0.1) is 0 Å². The molecule has 0 aromatic rings. The molecule has 0 aromatic heterocycles. The smallest absolute Gasteiger partial charge is 0.322 e. The van der Waals surface area contributed by atoms with Crippen molar-refractivity contribution in [2.24, 2.45) is 11.8 Å². The van der Waals surface area contributed by atoms with E-state index >= 15 is 0 Å². The monoisotopic (exact) mass is 199 g/mol. The van der Waals surface area contributed by atoms with Gasteiger partial charge in [-0.2, -0.15) is 0 Å². The summed E-state index contributed by atoms with van der Waals surface area (Å²) in [5.74, 6) is 1.19. The average molecular weight is 199 g/mol. The molecule has 3 nitrogen and oxygen atoms in total. The third-order valence-corrected chi connectivity index (χ3v) is 3.72. The third kappa shape index (κ3) is 1.92. The molecule has 0 radical (unpaired) electrons. The van der Waals surface area contributed by atoms with E-state index in [-0.39, 0.29) is 12.0 Å². The van der Waals surface area contributed by atoms with Gasteiger partial charge in [-0.25, -0.2) is 0 Å². The van der Waals surface area contributed by atoms with Gasteiger partial charge in [0.15, 0.2) is 0 Å². The summed E-state index contributed by atoms with van der Waals surface area (Å²) < 4.78 is 4.76. The molecule has 0 N–H and O–H groups in total. The summed E-state index contributed by atoms with van der Waals surface area (Å²) in [7, 11) is 1.45. The summed E-state index contributed by atoms with van der Waals surface area (Å²) in [6.07, 6.45) is 0. The average Bonchev–Trinajstić information content (AvgIpc) is 2.43. The first kappa shape index (κ1) is 11.5. The molecule has 1 aliphatic heterocycles. The Bertz CT molecular complexity index is 217. The summed E-state index contributed by atoms with van der Waals surface area (Å²) >= 11 is 0. The third-order valence-electron chi connectivity index (χ3n) is 3.72. The van der Waals surface area contributed by atoms with Crippen LogP contribution in [0, 0.1) is 11.8 Å². The maximum atomic E-state index is 11.4. The first-order valence-electron chi connectivity index (χ1n) is 5.32. The second-order valence-electron chi connectivity index (χ2n) is 4.47. The van der Waals surface area contributed by atoms with Crippen molar-refractivity contribution in [2.45, 2.75) is 39.8 Å². The molecule has 4 atom stereocenters. The summed E-state index contributed by atoms with van der Waals surface area (Å²) in [6, 6.07) is 0.362. The summed E-state index contributed by atoms with van der Waals surface area (Å²) in [5.41, 5.74) is 0. The molecule has 0 amide bonds. The predicted molar refractivity (Wildman–Crippen MR) is 56.0 cm³/mol. The van der Waals surface area contributed by atoms with Gasteiger partial charge >= 0.3 is 5.97 Å². The van der Waals surface area contributed by atoms with Crippen molar-refractivity contribution in [1.82, 2.24) is 4.90 Å². The van der Waals surface area contributed by atoms with Crippen molar-refractivity contribution >= 4 is 5.97 Å². The van der Waals surface area contributed by atoms with E-state index in [0.29, 0.717) is 17.9 Å². The molecule has 3 heteroatoms. The van der Waals surface area contributed by atoms with Crippen molar-refractivity contribution in [3.8, 4) is 0 Å². The van der Waals surface area contributed by atoms with Crippen molar-refractivity contribution in [2.75, 3.05) is 13.7 Å². The van der Waals surface area contributed by atoms with Gasteiger partial charge in [0.25, 0.3) is 0 Å². The lowest BCUT2D eigenvalue weighted by Gasteiger charge is -2.27. The second kappa shape index (κ2) is 4.30. The fourth-order valence-electron chi connectivity index (χ4n) is 2.26. The summed E-state index contributed by atoms with van der Waals surface area (Å²) in [5, 5.41) is 0. The summed E-state index contributed by atoms with van der Waals surface area (Å²) in [6.45, 7) is 9.60. The predicted octanol–water partition coefficient (Wildman–Crippen LogP) is 1.52. The Labute approximate surface area is 86.4 Å². The molecule has 1 fully saturated rings. The van der Waals surface area contributed by atoms with E-state index in [0.717, 1.165) is 6.54 Å². The maximum absolute atomic E-state index is 11.4. The fourth-order valence-corrected chi connectivity index (χ4v) is 2.26. The minimum absolute atomic E-state index is 0.109. The molecule has 4 unspecified atom stereocenters. The number of esters is 1. The Morgan fingerprint density at radius 3 is 2.36 bits per heavy atom. The minimum Gasteiger partial charge on any atom is -0.468 e. The van der Waals surface area contributed by atoms with Crippen molar-refractivity contribution in [3.63, 3.8) is 0 Å². The van der Waals surface area contributed by atoms with Crippen LogP contribution in [0.1, 0.15) is 27.7 Å². The molecule has 0 aromatic carbocycles. The lowest BCUT2D eigenvalue weighted by molar-refractivity contribution is -0.146. The highest BCUT2D eigenvalue weighted by atomic mass is 16.5. The molecule has 0 spiro atoms. The Hall–Kier alpha value is -0.570. The van der Waals surface area contributed by atoms with Crippen LogP contribution in [0.3, 0.4) is 0 Å². The van der Waals surface area contributed by atoms with Gasteiger partial charge in [0.05, 0.1) is 7.11 Å². The number of nitrogens with zero attached hydrogens (tertiary/aromatic N) is 1. The van der Waals surface area contributed by atoms with Gasteiger partial charge in [-0.3, -0.25) is 9.69 Å². The SMILES string of the molecule is COC(=O)C(C)N1CC(C)C(C)C1C. The molecular formula is C11H21NO2. The van der Waals surface area contributed by atoms with E-state index in [1.807, 2.05) is 6.92 Å². The highest BCUT2D eigenvalue weighted by molar-refractivity contribution is 5.75. The van der Waals surface area contributed by atoms with Crippen LogP contribution in [0.4, 0.5) is 0 Å². The highest BCUT2D eigenvalue weighted by Gasteiger charge is 2.38. The molecule has 0 bridgehead atoms. The molecule has 82 valence electrons. The molecule has 1 rings (SSSR count).